The molecule has 0 spiro atoms. The zero-order chi connectivity index (χ0) is 12.8. The van der Waals surface area contributed by atoms with Gasteiger partial charge in [0.15, 0.2) is 0 Å². The van der Waals surface area contributed by atoms with Gasteiger partial charge in [-0.3, -0.25) is 0 Å². The summed E-state index contributed by atoms with van der Waals surface area (Å²) in [4.78, 5) is 0. The molecule has 0 radical (unpaired) electrons. The smallest absolute Gasteiger partial charge is 1.00 e. The maximum absolute atomic E-state index is 11.3. The SMILES string of the molecule is [F][Zr-2]([F])([F])([F])([F])[F].[F][Zr-2]([F])([F])([F])([F])[F].[K+].[K+].[Zn+2]. The van der Waals surface area contributed by atoms with Crippen LogP contribution in [0, 0.1) is 0 Å². The van der Waals surface area contributed by atoms with Gasteiger partial charge in [0.1, 0.15) is 0 Å². The molecule has 0 fully saturated rings. The fourth-order valence-electron chi connectivity index (χ4n) is 0. The first kappa shape index (κ1) is 33.4. The Hall–Kier alpha value is 4.82. The Labute approximate surface area is 190 Å². The van der Waals surface area contributed by atoms with E-state index in [-0.39, 0.29) is 122 Å². The zero-order valence-corrected chi connectivity index (χ0v) is 22.4. The monoisotopic (exact) mass is 550 g/mol. The minimum Gasteiger partial charge on any atom is 1.00 e. The van der Waals surface area contributed by atoms with Crippen molar-refractivity contribution in [1.82, 2.24) is 0 Å². The summed E-state index contributed by atoms with van der Waals surface area (Å²) in [7, 11) is 0. The molecule has 17 heteroatoms. The second-order valence-corrected chi connectivity index (χ2v) is 12.7. The van der Waals surface area contributed by atoms with Gasteiger partial charge in [0, 0.05) is 0 Å². The largest absolute Gasteiger partial charge is 2.00 e. The third-order valence-corrected chi connectivity index (χ3v) is 0. The van der Waals surface area contributed by atoms with Crippen molar-refractivity contribution in [3.05, 3.63) is 0 Å². The molecule has 0 aromatic carbocycles. The number of hydrogen-bond acceptors (Lipinski definition) is 0. The number of hydrogen-bond donors (Lipinski definition) is 0. The Morgan fingerprint density at radius 2 is 0.353 bits per heavy atom. The topological polar surface area (TPSA) is 0 Å². The molecule has 0 N–H and O–H groups in total. The van der Waals surface area contributed by atoms with E-state index in [0.717, 1.165) is 0 Å². The molecule has 0 aromatic heterocycles. The summed E-state index contributed by atoms with van der Waals surface area (Å²) in [6, 6.07) is 0. The molecule has 0 saturated heterocycles. The van der Waals surface area contributed by atoms with Crippen molar-refractivity contribution in [3.63, 3.8) is 0 Å². The van der Waals surface area contributed by atoms with Gasteiger partial charge < -0.3 is 0 Å². The standard InChI is InChI=1S/12FH.2K.Zn.2Zr/h12*1H;;;;;/q;;;;;;;;;;;;2*+1;+2;2*+4/p-12. The molecule has 0 aliphatic heterocycles. The molecule has 0 bridgehead atoms. The van der Waals surface area contributed by atoms with Gasteiger partial charge in [-0.25, -0.2) is 0 Å². The molecule has 0 unspecified atom stereocenters. The maximum Gasteiger partial charge on any atom is 2.00 e. The first-order valence-electron chi connectivity index (χ1n) is 2.27. The van der Waals surface area contributed by atoms with E-state index < -0.39 is 41.9 Å². The third kappa shape index (κ3) is 317. The molecule has 0 aliphatic rings. The Morgan fingerprint density at radius 3 is 0.353 bits per heavy atom. The summed E-state index contributed by atoms with van der Waals surface area (Å²) in [5, 5.41) is 0. The molecule has 17 heavy (non-hydrogen) atoms. The Morgan fingerprint density at radius 1 is 0.353 bits per heavy atom. The molecular formula is F12K2ZnZr2. The second-order valence-electron chi connectivity index (χ2n) is 2.14. The van der Waals surface area contributed by atoms with Crippen LogP contribution in [0.3, 0.4) is 0 Å². The minimum absolute atomic E-state index is 0. The first-order chi connectivity index (χ1) is 4.90. The Balaban J connectivity index is -0.0000000480. The van der Waals surface area contributed by atoms with E-state index in [9.17, 15) is 31.5 Å². The van der Waals surface area contributed by atoms with Gasteiger partial charge in [0.2, 0.25) is 0 Å². The van der Waals surface area contributed by atoms with Gasteiger partial charge in [-0.2, -0.15) is 0 Å². The van der Waals surface area contributed by atoms with Crippen LogP contribution < -0.4 is 103 Å². The molecule has 0 rings (SSSR count). The minimum atomic E-state index is -11.3. The van der Waals surface area contributed by atoms with Crippen LogP contribution in [-0.4, -0.2) is 0 Å². The van der Waals surface area contributed by atoms with E-state index in [0.29, 0.717) is 0 Å². The van der Waals surface area contributed by atoms with E-state index in [4.69, 9.17) is 0 Å². The van der Waals surface area contributed by atoms with Gasteiger partial charge in [0.25, 0.3) is 0 Å². The summed E-state index contributed by atoms with van der Waals surface area (Å²) in [6.07, 6.45) is 0. The molecule has 96 valence electrons. The fourth-order valence-corrected chi connectivity index (χ4v) is 0. The molecule has 0 saturated carbocycles. The molecule has 0 aromatic rings. The normalized spacial score (nSPS) is 19.1. The van der Waals surface area contributed by atoms with E-state index >= 15 is 0 Å². The van der Waals surface area contributed by atoms with Crippen LogP contribution in [0.2, 0.25) is 0 Å². The van der Waals surface area contributed by atoms with Gasteiger partial charge in [-0.15, -0.1) is 0 Å². The van der Waals surface area contributed by atoms with Crippen LogP contribution in [0.4, 0.5) is 31.5 Å². The predicted octanol–water partition coefficient (Wildman–Crippen LogP) is -0.957. The third-order valence-electron chi connectivity index (χ3n) is 0. The van der Waals surface area contributed by atoms with E-state index in [1.54, 1.807) is 0 Å². The average Bonchev–Trinajstić information content (AvgIpc) is 0.938. The van der Waals surface area contributed by atoms with Crippen molar-refractivity contribution in [1.29, 1.82) is 0 Å². The average molecular weight is 554 g/mol. The molecule has 0 atom stereocenters. The summed E-state index contributed by atoms with van der Waals surface area (Å²) >= 11 is -22.6. The van der Waals surface area contributed by atoms with Crippen molar-refractivity contribution in [2.24, 2.45) is 0 Å². The Bertz CT molecular complexity index is 170. The van der Waals surface area contributed by atoms with Crippen molar-refractivity contribution in [2.75, 3.05) is 0 Å². The molecule has 0 heterocycles. The summed E-state index contributed by atoms with van der Waals surface area (Å²) in [6.45, 7) is 0. The van der Waals surface area contributed by atoms with Crippen molar-refractivity contribution in [3.8, 4) is 0 Å². The molecular weight excluding hydrogens is 554 g/mol. The van der Waals surface area contributed by atoms with Gasteiger partial charge in [0.05, 0.1) is 0 Å². The van der Waals surface area contributed by atoms with E-state index in [1.807, 2.05) is 0 Å². The van der Waals surface area contributed by atoms with Crippen LogP contribution in [0.15, 0.2) is 0 Å². The predicted molar refractivity (Wildman–Crippen MR) is 13.3 cm³/mol. The van der Waals surface area contributed by atoms with Crippen molar-refractivity contribution in [2.45, 2.75) is 0 Å². The molecule has 0 amide bonds. The first-order valence-corrected chi connectivity index (χ1v) is 13.4. The van der Waals surface area contributed by atoms with Crippen molar-refractivity contribution < 1.29 is 196 Å². The van der Waals surface area contributed by atoms with Crippen LogP contribution in [0.5, 0.6) is 0 Å². The van der Waals surface area contributed by atoms with Gasteiger partial charge in [-0.05, 0) is 0 Å². The summed E-state index contributed by atoms with van der Waals surface area (Å²) in [5.41, 5.74) is 0. The number of rotatable bonds is 0. The quantitative estimate of drug-likeness (QED) is 0.268. The zero-order valence-electron chi connectivity index (χ0n) is 8.24. The van der Waals surface area contributed by atoms with Crippen LogP contribution >= 0.6 is 0 Å². The van der Waals surface area contributed by atoms with Crippen LogP contribution in [0.25, 0.3) is 0 Å². The van der Waals surface area contributed by atoms with Crippen LogP contribution in [-0.2, 0) is 61.4 Å². The fraction of sp³-hybridized carbons (Fsp3) is 0. The van der Waals surface area contributed by atoms with Crippen molar-refractivity contribution >= 4 is 0 Å². The molecule has 0 aliphatic carbocycles. The van der Waals surface area contributed by atoms with E-state index in [1.165, 1.54) is 0 Å². The van der Waals surface area contributed by atoms with Gasteiger partial charge in [-0.1, -0.05) is 0 Å². The molecule has 0 nitrogen and oxygen atoms in total. The Kier molecular flexibility index (Phi) is 13.3. The van der Waals surface area contributed by atoms with Crippen LogP contribution in [0.1, 0.15) is 0 Å². The number of halogens is 12. The van der Waals surface area contributed by atoms with Gasteiger partial charge >= 0.3 is 196 Å². The second kappa shape index (κ2) is 6.75. The summed E-state index contributed by atoms with van der Waals surface area (Å²) < 4.78 is 119. The summed E-state index contributed by atoms with van der Waals surface area (Å²) in [5.74, 6) is 0. The maximum atomic E-state index is 9.93. The van der Waals surface area contributed by atoms with E-state index in [2.05, 4.69) is 0 Å².